The van der Waals surface area contributed by atoms with E-state index in [-0.39, 0.29) is 11.7 Å². The molecule has 1 N–H and O–H groups in total. The Labute approximate surface area is 125 Å². The second-order valence-corrected chi connectivity index (χ2v) is 6.91. The van der Waals surface area contributed by atoms with E-state index in [2.05, 4.69) is 4.72 Å². The van der Waals surface area contributed by atoms with E-state index in [4.69, 9.17) is 11.6 Å². The molecule has 20 heavy (non-hydrogen) atoms. The number of sulfonamides is 1. The standard InChI is InChI=1S/C13H19ClN2O3S/c1-10-5-6-11(13(17)16(2)3)9-12(10)15-20(18,19)8-4-7-14/h5-6,9,15H,4,7-8H2,1-3H3. The molecule has 112 valence electrons. The van der Waals surface area contributed by atoms with Gasteiger partial charge in [-0.3, -0.25) is 9.52 Å². The number of carbonyl (C=O) groups excluding carboxylic acids is 1. The van der Waals surface area contributed by atoms with Crippen molar-refractivity contribution in [1.82, 2.24) is 4.90 Å². The van der Waals surface area contributed by atoms with Gasteiger partial charge < -0.3 is 4.90 Å². The van der Waals surface area contributed by atoms with Crippen molar-refractivity contribution in [2.75, 3.05) is 30.5 Å². The van der Waals surface area contributed by atoms with Crippen molar-refractivity contribution in [1.29, 1.82) is 0 Å². The fourth-order valence-corrected chi connectivity index (χ4v) is 3.06. The van der Waals surface area contributed by atoms with Crippen molar-refractivity contribution in [3.8, 4) is 0 Å². The predicted octanol–water partition coefficient (Wildman–Crippen LogP) is 2.07. The van der Waals surface area contributed by atoms with Gasteiger partial charge in [-0.1, -0.05) is 6.07 Å². The van der Waals surface area contributed by atoms with Crippen molar-refractivity contribution in [3.63, 3.8) is 0 Å². The normalized spacial score (nSPS) is 11.2. The first kappa shape index (κ1) is 16.8. The summed E-state index contributed by atoms with van der Waals surface area (Å²) in [5, 5.41) is 0. The van der Waals surface area contributed by atoms with Crippen LogP contribution in [0.15, 0.2) is 18.2 Å². The Morgan fingerprint density at radius 1 is 1.35 bits per heavy atom. The van der Waals surface area contributed by atoms with Gasteiger partial charge in [0.25, 0.3) is 5.91 Å². The van der Waals surface area contributed by atoms with Crippen molar-refractivity contribution in [2.45, 2.75) is 13.3 Å². The minimum absolute atomic E-state index is 0.0399. The maximum Gasteiger partial charge on any atom is 0.253 e. The fourth-order valence-electron chi connectivity index (χ4n) is 1.59. The van der Waals surface area contributed by atoms with E-state index in [1.807, 2.05) is 0 Å². The summed E-state index contributed by atoms with van der Waals surface area (Å²) in [6.07, 6.45) is 0.381. The van der Waals surface area contributed by atoms with E-state index < -0.39 is 10.0 Å². The zero-order chi connectivity index (χ0) is 15.3. The lowest BCUT2D eigenvalue weighted by atomic mass is 10.1. The van der Waals surface area contributed by atoms with Crippen LogP contribution in [-0.2, 0) is 10.0 Å². The number of aryl methyl sites for hydroxylation is 1. The minimum atomic E-state index is -3.44. The lowest BCUT2D eigenvalue weighted by molar-refractivity contribution is 0.0827. The van der Waals surface area contributed by atoms with E-state index in [0.29, 0.717) is 23.6 Å². The van der Waals surface area contributed by atoms with Crippen LogP contribution in [0.5, 0.6) is 0 Å². The Balaban J connectivity index is 3.01. The molecule has 1 rings (SSSR count). The van der Waals surface area contributed by atoms with Gasteiger partial charge in [0.15, 0.2) is 0 Å². The summed E-state index contributed by atoms with van der Waals surface area (Å²) in [5.41, 5.74) is 1.62. The van der Waals surface area contributed by atoms with Crippen LogP contribution in [0.2, 0.25) is 0 Å². The molecule has 5 nitrogen and oxygen atoms in total. The number of carbonyl (C=O) groups is 1. The van der Waals surface area contributed by atoms with Crippen LogP contribution in [0.4, 0.5) is 5.69 Å². The van der Waals surface area contributed by atoms with Gasteiger partial charge in [0.2, 0.25) is 10.0 Å². The number of halogens is 1. The molecule has 0 radical (unpaired) electrons. The van der Waals surface area contributed by atoms with Crippen LogP contribution in [0, 0.1) is 6.92 Å². The summed E-state index contributed by atoms with van der Waals surface area (Å²) >= 11 is 5.50. The molecule has 0 bridgehead atoms. The molecule has 0 aromatic heterocycles. The van der Waals surface area contributed by atoms with Crippen LogP contribution < -0.4 is 4.72 Å². The van der Waals surface area contributed by atoms with Gasteiger partial charge >= 0.3 is 0 Å². The Bertz CT molecular complexity index is 585. The zero-order valence-electron chi connectivity index (χ0n) is 11.8. The third kappa shape index (κ3) is 4.68. The maximum atomic E-state index is 11.9. The summed E-state index contributed by atoms with van der Waals surface area (Å²) in [5.74, 6) is 0.0760. The Hall–Kier alpha value is -1.27. The molecule has 1 aromatic carbocycles. The highest BCUT2D eigenvalue weighted by atomic mass is 35.5. The third-order valence-corrected chi connectivity index (χ3v) is 4.33. The highest BCUT2D eigenvalue weighted by molar-refractivity contribution is 7.92. The lowest BCUT2D eigenvalue weighted by Gasteiger charge is -2.14. The van der Waals surface area contributed by atoms with Gasteiger partial charge in [0.1, 0.15) is 0 Å². The molecule has 0 heterocycles. The minimum Gasteiger partial charge on any atom is -0.345 e. The summed E-state index contributed by atoms with van der Waals surface area (Å²) in [4.78, 5) is 13.3. The summed E-state index contributed by atoms with van der Waals surface area (Å²) in [6.45, 7) is 1.78. The van der Waals surface area contributed by atoms with Crippen molar-refractivity contribution in [2.24, 2.45) is 0 Å². The van der Waals surface area contributed by atoms with Gasteiger partial charge in [0.05, 0.1) is 11.4 Å². The summed E-state index contributed by atoms with van der Waals surface area (Å²) in [6, 6.07) is 4.94. The molecular formula is C13H19ClN2O3S. The average molecular weight is 319 g/mol. The fraction of sp³-hybridized carbons (Fsp3) is 0.462. The molecular weight excluding hydrogens is 300 g/mol. The van der Waals surface area contributed by atoms with E-state index in [0.717, 1.165) is 5.56 Å². The zero-order valence-corrected chi connectivity index (χ0v) is 13.4. The Morgan fingerprint density at radius 3 is 2.55 bits per heavy atom. The molecule has 1 amide bonds. The second kappa shape index (κ2) is 6.95. The summed E-state index contributed by atoms with van der Waals surface area (Å²) in [7, 11) is -0.151. The number of hydrogen-bond acceptors (Lipinski definition) is 3. The van der Waals surface area contributed by atoms with Gasteiger partial charge in [-0.25, -0.2) is 8.42 Å². The SMILES string of the molecule is Cc1ccc(C(=O)N(C)C)cc1NS(=O)(=O)CCCCl. The monoisotopic (exact) mass is 318 g/mol. The lowest BCUT2D eigenvalue weighted by Crippen LogP contribution is -2.22. The molecule has 0 saturated carbocycles. The van der Waals surface area contributed by atoms with E-state index >= 15 is 0 Å². The molecule has 7 heteroatoms. The van der Waals surface area contributed by atoms with E-state index in [1.54, 1.807) is 39.2 Å². The molecule has 0 aliphatic rings. The first-order chi connectivity index (χ1) is 9.26. The van der Waals surface area contributed by atoms with Crippen LogP contribution >= 0.6 is 11.6 Å². The number of nitrogens with zero attached hydrogens (tertiary/aromatic N) is 1. The molecule has 0 spiro atoms. The highest BCUT2D eigenvalue weighted by Gasteiger charge is 2.14. The Morgan fingerprint density at radius 2 is 2.00 bits per heavy atom. The number of benzene rings is 1. The average Bonchev–Trinajstić information content (AvgIpc) is 2.38. The van der Waals surface area contributed by atoms with E-state index in [1.165, 1.54) is 4.90 Å². The molecule has 0 unspecified atom stereocenters. The van der Waals surface area contributed by atoms with Crippen LogP contribution in [0.3, 0.4) is 0 Å². The number of anilines is 1. The first-order valence-corrected chi connectivity index (χ1v) is 8.34. The molecule has 1 aromatic rings. The number of rotatable bonds is 6. The van der Waals surface area contributed by atoms with Crippen LogP contribution in [0.1, 0.15) is 22.3 Å². The van der Waals surface area contributed by atoms with Gasteiger partial charge in [0, 0.05) is 25.5 Å². The highest BCUT2D eigenvalue weighted by Crippen LogP contribution is 2.19. The number of amides is 1. The number of hydrogen-bond donors (Lipinski definition) is 1. The number of alkyl halides is 1. The topological polar surface area (TPSA) is 66.5 Å². The van der Waals surface area contributed by atoms with E-state index in [9.17, 15) is 13.2 Å². The van der Waals surface area contributed by atoms with Crippen LogP contribution in [-0.4, -0.2) is 45.0 Å². The van der Waals surface area contributed by atoms with Crippen molar-refractivity contribution >= 4 is 33.2 Å². The summed E-state index contributed by atoms with van der Waals surface area (Å²) < 4.78 is 26.2. The Kier molecular flexibility index (Phi) is 5.83. The number of nitrogens with one attached hydrogen (secondary N) is 1. The van der Waals surface area contributed by atoms with Crippen molar-refractivity contribution in [3.05, 3.63) is 29.3 Å². The van der Waals surface area contributed by atoms with Gasteiger partial charge in [-0.15, -0.1) is 11.6 Å². The predicted molar refractivity (Wildman–Crippen MR) is 81.9 cm³/mol. The molecule has 0 aliphatic heterocycles. The smallest absolute Gasteiger partial charge is 0.253 e. The van der Waals surface area contributed by atoms with Crippen LogP contribution in [0.25, 0.3) is 0 Å². The third-order valence-electron chi connectivity index (χ3n) is 2.70. The van der Waals surface area contributed by atoms with Gasteiger partial charge in [-0.2, -0.15) is 0 Å². The molecule has 0 fully saturated rings. The quantitative estimate of drug-likeness (QED) is 0.816. The maximum absolute atomic E-state index is 11.9. The largest absolute Gasteiger partial charge is 0.345 e. The first-order valence-electron chi connectivity index (χ1n) is 6.15. The van der Waals surface area contributed by atoms with Gasteiger partial charge in [-0.05, 0) is 31.0 Å². The molecule has 0 atom stereocenters. The molecule has 0 saturated heterocycles. The molecule has 0 aliphatic carbocycles. The van der Waals surface area contributed by atoms with Crippen molar-refractivity contribution < 1.29 is 13.2 Å². The second-order valence-electron chi connectivity index (χ2n) is 4.69.